The van der Waals surface area contributed by atoms with E-state index in [9.17, 15) is 0 Å². The van der Waals surface area contributed by atoms with E-state index in [1.165, 1.54) is 49.7 Å². The fourth-order valence-electron chi connectivity index (χ4n) is 2.94. The van der Waals surface area contributed by atoms with Crippen LogP contribution in [0.15, 0.2) is 24.3 Å². The zero-order valence-corrected chi connectivity index (χ0v) is 14.8. The maximum Gasteiger partial charge on any atom is 0.123 e. The van der Waals surface area contributed by atoms with E-state index in [1.807, 2.05) is 11.3 Å². The molecule has 1 nitrogen and oxygen atoms in total. The summed E-state index contributed by atoms with van der Waals surface area (Å²) in [7, 11) is 0. The number of rotatable bonds is 5. The molecular weight excluding hydrogens is 288 g/mol. The molecule has 116 valence electrons. The lowest BCUT2D eigenvalue weighted by Crippen LogP contribution is -1.98. The Bertz CT molecular complexity index is 814. The van der Waals surface area contributed by atoms with Crippen molar-refractivity contribution in [2.75, 3.05) is 6.61 Å². The van der Waals surface area contributed by atoms with Crippen LogP contribution < -0.4 is 4.74 Å². The zero-order chi connectivity index (χ0) is 15.7. The van der Waals surface area contributed by atoms with Crippen molar-refractivity contribution in [1.82, 2.24) is 0 Å². The van der Waals surface area contributed by atoms with E-state index in [1.54, 1.807) is 0 Å². The number of unbranched alkanes of at least 4 members (excludes halogenated alkanes) is 2. The highest BCUT2D eigenvalue weighted by molar-refractivity contribution is 7.26. The Kier molecular flexibility index (Phi) is 4.39. The summed E-state index contributed by atoms with van der Waals surface area (Å²) in [4.78, 5) is 0. The van der Waals surface area contributed by atoms with Crippen molar-refractivity contribution in [1.29, 1.82) is 0 Å². The van der Waals surface area contributed by atoms with E-state index in [2.05, 4.69) is 52.0 Å². The maximum absolute atomic E-state index is 6.00. The average molecular weight is 312 g/mol. The Morgan fingerprint density at radius 1 is 0.864 bits per heavy atom. The summed E-state index contributed by atoms with van der Waals surface area (Å²) in [6.45, 7) is 9.65. The van der Waals surface area contributed by atoms with Crippen molar-refractivity contribution in [3.05, 3.63) is 41.0 Å². The first-order valence-corrected chi connectivity index (χ1v) is 9.00. The number of hydrogen-bond acceptors (Lipinski definition) is 2. The molecule has 0 spiro atoms. The Balaban J connectivity index is 2.03. The normalized spacial score (nSPS) is 11.5. The molecule has 1 heterocycles. The smallest absolute Gasteiger partial charge is 0.123 e. The van der Waals surface area contributed by atoms with Crippen LogP contribution in [0.1, 0.15) is 42.9 Å². The first kappa shape index (κ1) is 15.4. The largest absolute Gasteiger partial charge is 0.493 e. The molecule has 2 aromatic carbocycles. The monoisotopic (exact) mass is 312 g/mol. The quantitative estimate of drug-likeness (QED) is 0.485. The molecule has 0 saturated carbocycles. The van der Waals surface area contributed by atoms with Gasteiger partial charge in [-0.1, -0.05) is 31.9 Å². The van der Waals surface area contributed by atoms with Crippen molar-refractivity contribution < 1.29 is 4.74 Å². The summed E-state index contributed by atoms with van der Waals surface area (Å²) in [5.74, 6) is 1.05. The molecule has 0 N–H and O–H groups in total. The second kappa shape index (κ2) is 6.29. The molecule has 0 saturated heterocycles. The minimum absolute atomic E-state index is 0.823. The minimum Gasteiger partial charge on any atom is -0.493 e. The molecule has 1 aromatic heterocycles. The van der Waals surface area contributed by atoms with Gasteiger partial charge in [-0.05, 0) is 50.5 Å². The summed E-state index contributed by atoms with van der Waals surface area (Å²) >= 11 is 1.91. The fourth-order valence-corrected chi connectivity index (χ4v) is 4.29. The second-order valence-corrected chi connectivity index (χ2v) is 7.13. The molecule has 2 heteroatoms. The van der Waals surface area contributed by atoms with Gasteiger partial charge in [-0.25, -0.2) is 0 Å². The number of fused-ring (bicyclic) bond motifs is 3. The van der Waals surface area contributed by atoms with E-state index in [0.717, 1.165) is 18.8 Å². The van der Waals surface area contributed by atoms with Gasteiger partial charge < -0.3 is 4.74 Å². The van der Waals surface area contributed by atoms with Gasteiger partial charge in [0, 0.05) is 25.7 Å². The summed E-state index contributed by atoms with van der Waals surface area (Å²) in [5, 5.41) is 2.74. The van der Waals surface area contributed by atoms with Crippen LogP contribution in [0.5, 0.6) is 5.75 Å². The second-order valence-electron chi connectivity index (χ2n) is 6.11. The third-order valence-electron chi connectivity index (χ3n) is 4.53. The highest BCUT2D eigenvalue weighted by atomic mass is 32.1. The highest BCUT2D eigenvalue weighted by Gasteiger charge is 2.12. The predicted molar refractivity (Wildman–Crippen MR) is 98.6 cm³/mol. The van der Waals surface area contributed by atoms with Crippen LogP contribution in [0, 0.1) is 20.8 Å². The number of aryl methyl sites for hydroxylation is 3. The number of ether oxygens (including phenoxy) is 1. The van der Waals surface area contributed by atoms with E-state index in [0.29, 0.717) is 0 Å². The van der Waals surface area contributed by atoms with Gasteiger partial charge in [0.1, 0.15) is 5.75 Å². The molecule has 3 aromatic rings. The third kappa shape index (κ3) is 2.61. The Labute approximate surface area is 136 Å². The molecule has 3 rings (SSSR count). The summed E-state index contributed by atoms with van der Waals surface area (Å²) in [6.07, 6.45) is 3.61. The molecule has 0 aliphatic rings. The molecule has 22 heavy (non-hydrogen) atoms. The van der Waals surface area contributed by atoms with Gasteiger partial charge in [-0.3, -0.25) is 0 Å². The molecule has 0 bridgehead atoms. The number of hydrogen-bond donors (Lipinski definition) is 0. The number of thiophene rings is 1. The SMILES string of the molecule is CCCCCOc1ccc2c(sc3c(C)c(C)ccc32)c1C. The van der Waals surface area contributed by atoms with Gasteiger partial charge in [0.25, 0.3) is 0 Å². The molecule has 0 radical (unpaired) electrons. The molecule has 0 atom stereocenters. The van der Waals surface area contributed by atoms with Crippen molar-refractivity contribution in [2.24, 2.45) is 0 Å². The molecule has 0 fully saturated rings. The molecular formula is C20H24OS. The maximum atomic E-state index is 6.00. The predicted octanol–water partition coefficient (Wildman–Crippen LogP) is 6.55. The van der Waals surface area contributed by atoms with E-state index in [4.69, 9.17) is 4.74 Å². The van der Waals surface area contributed by atoms with Crippen molar-refractivity contribution >= 4 is 31.5 Å². The first-order chi connectivity index (χ1) is 10.6. The summed E-state index contributed by atoms with van der Waals surface area (Å²) in [6, 6.07) is 8.86. The average Bonchev–Trinajstić information content (AvgIpc) is 2.90. The van der Waals surface area contributed by atoms with Gasteiger partial charge in [-0.2, -0.15) is 0 Å². The Morgan fingerprint density at radius 2 is 1.55 bits per heavy atom. The molecule has 0 aliphatic carbocycles. The van der Waals surface area contributed by atoms with Crippen LogP contribution in [0.3, 0.4) is 0 Å². The van der Waals surface area contributed by atoms with Crippen LogP contribution >= 0.6 is 11.3 Å². The molecule has 0 aliphatic heterocycles. The first-order valence-electron chi connectivity index (χ1n) is 8.18. The van der Waals surface area contributed by atoms with E-state index < -0.39 is 0 Å². The van der Waals surface area contributed by atoms with Crippen molar-refractivity contribution in [2.45, 2.75) is 47.0 Å². The highest BCUT2D eigenvalue weighted by Crippen LogP contribution is 2.40. The zero-order valence-electron chi connectivity index (χ0n) is 14.0. The summed E-state index contributed by atoms with van der Waals surface area (Å²) in [5.41, 5.74) is 4.06. The standard InChI is InChI=1S/C20H24OS/c1-5-6-7-12-21-18-11-10-17-16-9-8-13(2)14(3)19(16)22-20(17)15(18)4/h8-11H,5-7,12H2,1-4H3. The fraction of sp³-hybridized carbons (Fsp3) is 0.400. The van der Waals surface area contributed by atoms with Crippen LogP contribution in [-0.4, -0.2) is 6.61 Å². The van der Waals surface area contributed by atoms with Crippen molar-refractivity contribution in [3.63, 3.8) is 0 Å². The van der Waals surface area contributed by atoms with Crippen LogP contribution in [-0.2, 0) is 0 Å². The topological polar surface area (TPSA) is 9.23 Å². The molecule has 0 unspecified atom stereocenters. The van der Waals surface area contributed by atoms with Gasteiger partial charge >= 0.3 is 0 Å². The summed E-state index contributed by atoms with van der Waals surface area (Å²) < 4.78 is 8.79. The Hall–Kier alpha value is -1.54. The van der Waals surface area contributed by atoms with Gasteiger partial charge in [0.15, 0.2) is 0 Å². The van der Waals surface area contributed by atoms with Gasteiger partial charge in [-0.15, -0.1) is 11.3 Å². The van der Waals surface area contributed by atoms with Crippen molar-refractivity contribution in [3.8, 4) is 5.75 Å². The molecule has 0 amide bonds. The lowest BCUT2D eigenvalue weighted by Gasteiger charge is -2.09. The van der Waals surface area contributed by atoms with Gasteiger partial charge in [0.2, 0.25) is 0 Å². The van der Waals surface area contributed by atoms with Crippen LogP contribution in [0.4, 0.5) is 0 Å². The Morgan fingerprint density at radius 3 is 2.27 bits per heavy atom. The van der Waals surface area contributed by atoms with E-state index >= 15 is 0 Å². The lowest BCUT2D eigenvalue weighted by molar-refractivity contribution is 0.305. The van der Waals surface area contributed by atoms with E-state index in [-0.39, 0.29) is 0 Å². The van der Waals surface area contributed by atoms with Crippen LogP contribution in [0.2, 0.25) is 0 Å². The lowest BCUT2D eigenvalue weighted by atomic mass is 10.0. The van der Waals surface area contributed by atoms with Crippen LogP contribution in [0.25, 0.3) is 20.2 Å². The minimum atomic E-state index is 0.823. The third-order valence-corrected chi connectivity index (χ3v) is 5.99. The number of benzene rings is 2. The van der Waals surface area contributed by atoms with Gasteiger partial charge in [0.05, 0.1) is 6.61 Å².